The molecule has 0 saturated heterocycles. The van der Waals surface area contributed by atoms with Gasteiger partial charge in [-0.3, -0.25) is 14.3 Å². The van der Waals surface area contributed by atoms with Crippen molar-refractivity contribution >= 4 is 28.3 Å². The van der Waals surface area contributed by atoms with Crippen LogP contribution in [0, 0.1) is 5.92 Å². The number of aliphatic hydroxyl groups excluding tert-OH is 1. The first-order valence-corrected chi connectivity index (χ1v) is 11.5. The van der Waals surface area contributed by atoms with Crippen LogP contribution in [0.25, 0.3) is 0 Å². The second-order valence-electron chi connectivity index (χ2n) is 7.87. The van der Waals surface area contributed by atoms with Gasteiger partial charge < -0.3 is 15.3 Å². The molecule has 0 bridgehead atoms. The van der Waals surface area contributed by atoms with Crippen molar-refractivity contribution in [2.24, 2.45) is 5.92 Å². The van der Waals surface area contributed by atoms with Crippen LogP contribution in [0.5, 0.6) is 0 Å². The van der Waals surface area contributed by atoms with E-state index in [2.05, 4.69) is 15.4 Å². The molecule has 3 rings (SSSR count). The minimum atomic E-state index is -0.848. The zero-order chi connectivity index (χ0) is 23.1. The lowest BCUT2D eigenvalue weighted by Crippen LogP contribution is -2.35. The molecule has 3 aromatic rings. The monoisotopic (exact) mass is 455 g/mol. The average Bonchev–Trinajstić information content (AvgIpc) is 3.43. The van der Waals surface area contributed by atoms with E-state index in [9.17, 15) is 14.7 Å². The van der Waals surface area contributed by atoms with Crippen molar-refractivity contribution in [3.05, 3.63) is 64.9 Å². The lowest BCUT2D eigenvalue weighted by Gasteiger charge is -2.25. The molecule has 0 aliphatic carbocycles. The first-order chi connectivity index (χ1) is 15.4. The van der Waals surface area contributed by atoms with Gasteiger partial charge in [0.15, 0.2) is 5.13 Å². The van der Waals surface area contributed by atoms with Crippen molar-refractivity contribution in [2.45, 2.75) is 46.4 Å². The van der Waals surface area contributed by atoms with Gasteiger partial charge in [0.05, 0.1) is 31.0 Å². The number of thiazole rings is 1. The minimum Gasteiger partial charge on any atom is -0.386 e. The average molecular weight is 456 g/mol. The molecule has 9 heteroatoms. The number of nitrogens with zero attached hydrogens (tertiary/aromatic N) is 4. The van der Waals surface area contributed by atoms with Crippen molar-refractivity contribution in [1.82, 2.24) is 19.7 Å². The Balaban J connectivity index is 1.71. The topological polar surface area (TPSA) is 100 Å². The number of carbonyl (C=O) groups is 2. The summed E-state index contributed by atoms with van der Waals surface area (Å²) in [5.41, 5.74) is 2.23. The maximum atomic E-state index is 13.2. The number of hydrogen-bond acceptors (Lipinski definition) is 6. The van der Waals surface area contributed by atoms with Crippen LogP contribution in [0.2, 0.25) is 0 Å². The summed E-state index contributed by atoms with van der Waals surface area (Å²) < 4.78 is 1.74. The van der Waals surface area contributed by atoms with Gasteiger partial charge in [-0.1, -0.05) is 44.2 Å². The molecule has 0 aliphatic heterocycles. The SMILES string of the molecule is CCn1cc(C(O)CN(Cc2ccccc2)C(=O)Cc2csc(NC(=O)C(C)C)n2)cn1. The summed E-state index contributed by atoms with van der Waals surface area (Å²) in [4.78, 5) is 31.0. The molecule has 2 aromatic heterocycles. The predicted octanol–water partition coefficient (Wildman–Crippen LogP) is 3.26. The standard InChI is InChI=1S/C23H29N5O3S/c1-4-28-13-18(11-24-28)20(29)14-27(12-17-8-6-5-7-9-17)21(30)10-19-15-32-23(25-19)26-22(31)16(2)3/h5-9,11,13,15-16,20,29H,4,10,12,14H2,1-3H3,(H,25,26,31). The van der Waals surface area contributed by atoms with E-state index in [1.807, 2.05) is 51.1 Å². The quantitative estimate of drug-likeness (QED) is 0.489. The molecular formula is C23H29N5O3S. The largest absolute Gasteiger partial charge is 0.386 e. The van der Waals surface area contributed by atoms with Gasteiger partial charge in [0.25, 0.3) is 0 Å². The summed E-state index contributed by atoms with van der Waals surface area (Å²) in [6, 6.07) is 9.66. The third-order valence-electron chi connectivity index (χ3n) is 4.96. The fourth-order valence-electron chi connectivity index (χ4n) is 3.06. The number of rotatable bonds is 10. The van der Waals surface area contributed by atoms with Gasteiger partial charge >= 0.3 is 0 Å². The maximum Gasteiger partial charge on any atom is 0.229 e. The fraction of sp³-hybridized carbons (Fsp3) is 0.391. The molecular weight excluding hydrogens is 426 g/mol. The summed E-state index contributed by atoms with van der Waals surface area (Å²) in [5, 5.41) is 20.0. The lowest BCUT2D eigenvalue weighted by molar-refractivity contribution is -0.132. The molecule has 0 radical (unpaired) electrons. The van der Waals surface area contributed by atoms with Gasteiger partial charge in [-0.25, -0.2) is 4.98 Å². The Morgan fingerprint density at radius 2 is 2.00 bits per heavy atom. The van der Waals surface area contributed by atoms with Crippen LogP contribution < -0.4 is 5.32 Å². The number of aryl methyl sites for hydroxylation is 1. The van der Waals surface area contributed by atoms with Crippen molar-refractivity contribution < 1.29 is 14.7 Å². The number of aromatic nitrogens is 3. The van der Waals surface area contributed by atoms with E-state index < -0.39 is 6.10 Å². The normalized spacial score (nSPS) is 12.0. The molecule has 32 heavy (non-hydrogen) atoms. The molecule has 0 aliphatic rings. The van der Waals surface area contributed by atoms with E-state index in [-0.39, 0.29) is 30.7 Å². The van der Waals surface area contributed by atoms with Crippen LogP contribution >= 0.6 is 11.3 Å². The van der Waals surface area contributed by atoms with Gasteiger partial charge in [0.1, 0.15) is 0 Å². The molecule has 1 unspecified atom stereocenters. The number of amides is 2. The summed E-state index contributed by atoms with van der Waals surface area (Å²) in [6.45, 7) is 6.82. The van der Waals surface area contributed by atoms with Gasteiger partial charge in [-0.15, -0.1) is 11.3 Å². The Hall–Kier alpha value is -3.04. The Morgan fingerprint density at radius 3 is 2.66 bits per heavy atom. The number of anilines is 1. The Bertz CT molecular complexity index is 1030. The molecule has 0 spiro atoms. The van der Waals surface area contributed by atoms with Gasteiger partial charge in [-0.2, -0.15) is 5.10 Å². The Labute approximate surface area is 191 Å². The molecule has 2 heterocycles. The molecule has 0 saturated carbocycles. The number of carbonyl (C=O) groups excluding carboxylic acids is 2. The second kappa shape index (κ2) is 11.0. The Kier molecular flexibility index (Phi) is 8.13. The van der Waals surface area contributed by atoms with E-state index in [4.69, 9.17) is 0 Å². The summed E-state index contributed by atoms with van der Waals surface area (Å²) in [5.74, 6) is -0.412. The first kappa shape index (κ1) is 23.6. The van der Waals surface area contributed by atoms with Crippen LogP contribution in [0.15, 0.2) is 48.1 Å². The molecule has 2 N–H and O–H groups in total. The highest BCUT2D eigenvalue weighted by molar-refractivity contribution is 7.13. The van der Waals surface area contributed by atoms with Crippen molar-refractivity contribution in [2.75, 3.05) is 11.9 Å². The summed E-state index contributed by atoms with van der Waals surface area (Å²) >= 11 is 1.29. The van der Waals surface area contributed by atoms with Crippen molar-refractivity contribution in [3.63, 3.8) is 0 Å². The van der Waals surface area contributed by atoms with Crippen molar-refractivity contribution in [3.8, 4) is 0 Å². The minimum absolute atomic E-state index is 0.0851. The highest BCUT2D eigenvalue weighted by Gasteiger charge is 2.21. The third-order valence-corrected chi connectivity index (χ3v) is 5.77. The van der Waals surface area contributed by atoms with E-state index in [1.165, 1.54) is 11.3 Å². The molecule has 8 nitrogen and oxygen atoms in total. The van der Waals surface area contributed by atoms with Gasteiger partial charge in [0, 0.05) is 36.1 Å². The van der Waals surface area contributed by atoms with E-state index in [0.717, 1.165) is 5.56 Å². The molecule has 170 valence electrons. The van der Waals surface area contributed by atoms with E-state index in [0.29, 0.717) is 29.5 Å². The van der Waals surface area contributed by atoms with E-state index in [1.54, 1.807) is 27.4 Å². The van der Waals surface area contributed by atoms with Crippen molar-refractivity contribution in [1.29, 1.82) is 0 Å². The fourth-order valence-corrected chi connectivity index (χ4v) is 3.77. The predicted molar refractivity (Wildman–Crippen MR) is 124 cm³/mol. The first-order valence-electron chi connectivity index (χ1n) is 10.6. The smallest absolute Gasteiger partial charge is 0.229 e. The van der Waals surface area contributed by atoms with Crippen LogP contribution in [0.3, 0.4) is 0 Å². The lowest BCUT2D eigenvalue weighted by atomic mass is 10.1. The summed E-state index contributed by atoms with van der Waals surface area (Å²) in [6.07, 6.45) is 2.66. The summed E-state index contributed by atoms with van der Waals surface area (Å²) in [7, 11) is 0. The van der Waals surface area contributed by atoms with Crippen LogP contribution in [0.1, 0.15) is 43.7 Å². The highest BCUT2D eigenvalue weighted by Crippen LogP contribution is 2.20. The van der Waals surface area contributed by atoms with Crippen LogP contribution in [0.4, 0.5) is 5.13 Å². The second-order valence-corrected chi connectivity index (χ2v) is 8.73. The third kappa shape index (κ3) is 6.48. The zero-order valence-electron chi connectivity index (χ0n) is 18.6. The molecule has 2 amide bonds. The number of benzene rings is 1. The molecule has 1 aromatic carbocycles. The van der Waals surface area contributed by atoms with Crippen LogP contribution in [-0.4, -0.2) is 43.1 Å². The maximum absolute atomic E-state index is 13.2. The van der Waals surface area contributed by atoms with E-state index >= 15 is 0 Å². The molecule has 0 fully saturated rings. The number of aliphatic hydroxyl groups is 1. The van der Waals surface area contributed by atoms with Gasteiger partial charge in [0.2, 0.25) is 11.8 Å². The van der Waals surface area contributed by atoms with Gasteiger partial charge in [-0.05, 0) is 12.5 Å². The zero-order valence-corrected chi connectivity index (χ0v) is 19.4. The highest BCUT2D eigenvalue weighted by atomic mass is 32.1. The Morgan fingerprint density at radius 1 is 1.25 bits per heavy atom. The number of nitrogens with one attached hydrogen (secondary N) is 1. The molecule has 1 atom stereocenters. The number of hydrogen-bond donors (Lipinski definition) is 2. The van der Waals surface area contributed by atoms with Crippen LogP contribution in [-0.2, 0) is 29.1 Å².